The van der Waals surface area contributed by atoms with Gasteiger partial charge in [0, 0.05) is 5.71 Å². The van der Waals surface area contributed by atoms with Crippen LogP contribution in [-0.2, 0) is 0 Å². The van der Waals surface area contributed by atoms with E-state index in [0.717, 1.165) is 12.8 Å². The molecule has 2 N–H and O–H groups in total. The van der Waals surface area contributed by atoms with Gasteiger partial charge in [-0.1, -0.05) is 0 Å². The van der Waals surface area contributed by atoms with Gasteiger partial charge in [0.05, 0.1) is 6.17 Å². The molecule has 0 aromatic carbocycles. The highest BCUT2D eigenvalue weighted by Crippen LogP contribution is 2.08. The van der Waals surface area contributed by atoms with Gasteiger partial charge in [0.25, 0.3) is 0 Å². The summed E-state index contributed by atoms with van der Waals surface area (Å²) < 4.78 is 0. The largest absolute Gasteiger partial charge is 0.310 e. The Morgan fingerprint density at radius 2 is 2.50 bits per heavy atom. The first-order chi connectivity index (χ1) is 3.79. The van der Waals surface area contributed by atoms with Gasteiger partial charge >= 0.3 is 0 Å². The molecule has 1 heterocycles. The Morgan fingerprint density at radius 3 is 2.88 bits per heavy atom. The van der Waals surface area contributed by atoms with Crippen LogP contribution in [0.3, 0.4) is 0 Å². The summed E-state index contributed by atoms with van der Waals surface area (Å²) in [6, 6.07) is 0. The summed E-state index contributed by atoms with van der Waals surface area (Å²) in [5.41, 5.74) is 6.75. The van der Waals surface area contributed by atoms with E-state index in [1.165, 1.54) is 12.1 Å². The molecule has 1 aliphatic rings. The van der Waals surface area contributed by atoms with Crippen LogP contribution in [0.4, 0.5) is 0 Å². The number of nitrogens with zero attached hydrogens (tertiary/aromatic N) is 1. The highest BCUT2D eigenvalue weighted by Gasteiger charge is 2.05. The van der Waals surface area contributed by atoms with E-state index in [4.69, 9.17) is 5.73 Å². The van der Waals surface area contributed by atoms with Crippen molar-refractivity contribution in [2.24, 2.45) is 10.7 Å². The lowest BCUT2D eigenvalue weighted by Gasteiger charge is -2.13. The maximum Gasteiger partial charge on any atom is 0.0968 e. The van der Waals surface area contributed by atoms with Crippen molar-refractivity contribution in [1.29, 1.82) is 0 Å². The second kappa shape index (κ2) is 2.27. The summed E-state index contributed by atoms with van der Waals surface area (Å²) in [6.07, 6.45) is 3.53. The standard InChI is InChI=1S/C6H12N2/c1-5-3-2-4-6(7)8-5/h6H,2-4,7H2,1H3. The third-order valence-electron chi connectivity index (χ3n) is 1.42. The molecule has 0 spiro atoms. The molecule has 0 aliphatic carbocycles. The van der Waals surface area contributed by atoms with Crippen LogP contribution < -0.4 is 5.73 Å². The quantitative estimate of drug-likeness (QED) is 0.497. The van der Waals surface area contributed by atoms with Gasteiger partial charge in [-0.15, -0.1) is 0 Å². The molecule has 0 bridgehead atoms. The monoisotopic (exact) mass is 112 g/mol. The fourth-order valence-corrected chi connectivity index (χ4v) is 0.979. The van der Waals surface area contributed by atoms with Crippen molar-refractivity contribution in [2.75, 3.05) is 0 Å². The average molecular weight is 112 g/mol. The van der Waals surface area contributed by atoms with E-state index < -0.39 is 0 Å². The molecule has 1 aliphatic heterocycles. The zero-order valence-electron chi connectivity index (χ0n) is 5.22. The van der Waals surface area contributed by atoms with Gasteiger partial charge in [-0.05, 0) is 26.2 Å². The number of rotatable bonds is 0. The number of nitrogens with two attached hydrogens (primary N) is 1. The Labute approximate surface area is 49.8 Å². The lowest BCUT2D eigenvalue weighted by atomic mass is 10.1. The first-order valence-electron chi connectivity index (χ1n) is 3.08. The minimum atomic E-state index is 0.101. The molecule has 0 aromatic rings. The molecule has 0 saturated heterocycles. The minimum Gasteiger partial charge on any atom is -0.310 e. The zero-order chi connectivity index (χ0) is 5.98. The second-order valence-corrected chi connectivity index (χ2v) is 2.32. The highest BCUT2D eigenvalue weighted by molar-refractivity contribution is 5.82. The molecule has 8 heavy (non-hydrogen) atoms. The summed E-state index contributed by atoms with van der Waals surface area (Å²) in [5, 5.41) is 0. The molecule has 1 unspecified atom stereocenters. The van der Waals surface area contributed by atoms with Crippen LogP contribution in [0, 0.1) is 0 Å². The molecule has 0 amide bonds. The Balaban J connectivity index is 2.50. The fourth-order valence-electron chi connectivity index (χ4n) is 0.979. The van der Waals surface area contributed by atoms with Gasteiger partial charge in [0.15, 0.2) is 0 Å². The molecule has 0 fully saturated rings. The molecular weight excluding hydrogens is 100 g/mol. The highest BCUT2D eigenvalue weighted by atomic mass is 14.9. The first-order valence-corrected chi connectivity index (χ1v) is 3.08. The van der Waals surface area contributed by atoms with Crippen molar-refractivity contribution >= 4 is 5.71 Å². The van der Waals surface area contributed by atoms with E-state index in [-0.39, 0.29) is 6.17 Å². The summed E-state index contributed by atoms with van der Waals surface area (Å²) in [6.45, 7) is 2.04. The smallest absolute Gasteiger partial charge is 0.0968 e. The maximum atomic E-state index is 5.54. The SMILES string of the molecule is CC1=NC(N)CCC1. The third-order valence-corrected chi connectivity index (χ3v) is 1.42. The van der Waals surface area contributed by atoms with Crippen LogP contribution in [0.5, 0.6) is 0 Å². The number of hydrogen-bond donors (Lipinski definition) is 1. The summed E-state index contributed by atoms with van der Waals surface area (Å²) in [4.78, 5) is 4.18. The Bertz CT molecular complexity index is 107. The molecule has 1 rings (SSSR count). The second-order valence-electron chi connectivity index (χ2n) is 2.32. The lowest BCUT2D eigenvalue weighted by Crippen LogP contribution is -2.22. The van der Waals surface area contributed by atoms with E-state index in [9.17, 15) is 0 Å². The maximum absolute atomic E-state index is 5.54. The zero-order valence-corrected chi connectivity index (χ0v) is 5.22. The van der Waals surface area contributed by atoms with E-state index in [2.05, 4.69) is 4.99 Å². The van der Waals surface area contributed by atoms with Gasteiger partial charge in [0.1, 0.15) is 0 Å². The predicted molar refractivity (Wildman–Crippen MR) is 34.9 cm³/mol. The van der Waals surface area contributed by atoms with Crippen LogP contribution in [0.25, 0.3) is 0 Å². The van der Waals surface area contributed by atoms with Gasteiger partial charge < -0.3 is 5.73 Å². The Morgan fingerprint density at radius 1 is 1.75 bits per heavy atom. The van der Waals surface area contributed by atoms with E-state index in [1.807, 2.05) is 6.92 Å². The van der Waals surface area contributed by atoms with Crippen molar-refractivity contribution in [3.8, 4) is 0 Å². The van der Waals surface area contributed by atoms with Crippen molar-refractivity contribution in [3.63, 3.8) is 0 Å². The fraction of sp³-hybridized carbons (Fsp3) is 0.833. The van der Waals surface area contributed by atoms with E-state index in [0.29, 0.717) is 0 Å². The number of hydrogen-bond acceptors (Lipinski definition) is 2. The molecule has 46 valence electrons. The molecule has 0 aromatic heterocycles. The first kappa shape index (κ1) is 5.76. The van der Waals surface area contributed by atoms with E-state index in [1.54, 1.807) is 0 Å². The van der Waals surface area contributed by atoms with Crippen LogP contribution in [-0.4, -0.2) is 11.9 Å². The van der Waals surface area contributed by atoms with Crippen LogP contribution in [0.1, 0.15) is 26.2 Å². The predicted octanol–water partition coefficient (Wildman–Crippen LogP) is 0.916. The Hall–Kier alpha value is -0.370. The summed E-state index contributed by atoms with van der Waals surface area (Å²) >= 11 is 0. The Kier molecular flexibility index (Phi) is 1.63. The molecule has 0 saturated carbocycles. The normalized spacial score (nSPS) is 29.8. The minimum absolute atomic E-state index is 0.101. The lowest BCUT2D eigenvalue weighted by molar-refractivity contribution is 0.587. The molecule has 1 atom stereocenters. The average Bonchev–Trinajstić information content (AvgIpc) is 1.64. The van der Waals surface area contributed by atoms with Gasteiger partial charge in [-0.2, -0.15) is 0 Å². The van der Waals surface area contributed by atoms with Crippen molar-refractivity contribution in [3.05, 3.63) is 0 Å². The molecule has 2 nitrogen and oxygen atoms in total. The summed E-state index contributed by atoms with van der Waals surface area (Å²) in [5.74, 6) is 0. The van der Waals surface area contributed by atoms with Crippen LogP contribution >= 0.6 is 0 Å². The van der Waals surface area contributed by atoms with Gasteiger partial charge in [-0.3, -0.25) is 4.99 Å². The van der Waals surface area contributed by atoms with E-state index >= 15 is 0 Å². The molecule has 0 radical (unpaired) electrons. The van der Waals surface area contributed by atoms with Crippen LogP contribution in [0.2, 0.25) is 0 Å². The number of aliphatic imine (C=N–C) groups is 1. The van der Waals surface area contributed by atoms with Gasteiger partial charge in [0.2, 0.25) is 0 Å². The molecular formula is C6H12N2. The molecule has 2 heteroatoms. The topological polar surface area (TPSA) is 38.4 Å². The van der Waals surface area contributed by atoms with Crippen LogP contribution in [0.15, 0.2) is 4.99 Å². The van der Waals surface area contributed by atoms with Crippen molar-refractivity contribution in [2.45, 2.75) is 32.4 Å². The third kappa shape index (κ3) is 1.30. The van der Waals surface area contributed by atoms with Crippen molar-refractivity contribution in [1.82, 2.24) is 0 Å². The van der Waals surface area contributed by atoms with Gasteiger partial charge in [-0.25, -0.2) is 0 Å². The van der Waals surface area contributed by atoms with Crippen molar-refractivity contribution < 1.29 is 0 Å². The summed E-state index contributed by atoms with van der Waals surface area (Å²) in [7, 11) is 0.